The van der Waals surface area contributed by atoms with Gasteiger partial charge in [-0.2, -0.15) is 0 Å². The van der Waals surface area contributed by atoms with Crippen LogP contribution in [0.3, 0.4) is 0 Å². The van der Waals surface area contributed by atoms with Crippen LogP contribution >= 0.6 is 0 Å². The summed E-state index contributed by atoms with van der Waals surface area (Å²) in [6.07, 6.45) is 2.27. The number of piperidine rings is 1. The van der Waals surface area contributed by atoms with Gasteiger partial charge in [-0.3, -0.25) is 4.79 Å². The Morgan fingerprint density at radius 1 is 1.31 bits per heavy atom. The largest absolute Gasteiger partial charge is 0.353 e. The lowest BCUT2D eigenvalue weighted by Gasteiger charge is -2.38. The van der Waals surface area contributed by atoms with Crippen LogP contribution in [-0.2, 0) is 4.79 Å². The van der Waals surface area contributed by atoms with Crippen molar-refractivity contribution in [3.63, 3.8) is 0 Å². The van der Waals surface area contributed by atoms with E-state index in [-0.39, 0.29) is 17.4 Å². The normalized spacial score (nSPS) is 20.1. The molecule has 0 radical (unpaired) electrons. The Bertz CT molecular complexity index is 240. The molecule has 0 bridgehead atoms. The molecule has 0 aromatic rings. The number of nitrogens with zero attached hydrogens (tertiary/aromatic N) is 1. The molecule has 3 nitrogen and oxygen atoms in total. The van der Waals surface area contributed by atoms with Crippen LogP contribution in [-0.4, -0.2) is 37.0 Å². The minimum absolute atomic E-state index is 0.206. The van der Waals surface area contributed by atoms with Crippen molar-refractivity contribution in [1.29, 1.82) is 0 Å². The molecule has 0 spiro atoms. The quantitative estimate of drug-likeness (QED) is 0.797. The Morgan fingerprint density at radius 2 is 1.81 bits per heavy atom. The first-order valence-electron chi connectivity index (χ1n) is 6.33. The van der Waals surface area contributed by atoms with Crippen molar-refractivity contribution in [2.24, 2.45) is 11.3 Å². The first kappa shape index (κ1) is 13.5. The molecule has 16 heavy (non-hydrogen) atoms. The van der Waals surface area contributed by atoms with Gasteiger partial charge in [0.25, 0.3) is 0 Å². The van der Waals surface area contributed by atoms with E-state index in [1.54, 1.807) is 0 Å². The number of hydrogen-bond donors (Lipinski definition) is 1. The van der Waals surface area contributed by atoms with Crippen molar-refractivity contribution in [3.05, 3.63) is 0 Å². The summed E-state index contributed by atoms with van der Waals surface area (Å²) in [7, 11) is 2.15. The smallest absolute Gasteiger partial charge is 0.226 e. The number of carbonyl (C=O) groups is 1. The fourth-order valence-electron chi connectivity index (χ4n) is 2.36. The highest BCUT2D eigenvalue weighted by Gasteiger charge is 2.37. The molecule has 0 aromatic heterocycles. The third-order valence-corrected chi connectivity index (χ3v) is 3.74. The number of rotatable bonds is 3. The van der Waals surface area contributed by atoms with Gasteiger partial charge < -0.3 is 10.2 Å². The van der Waals surface area contributed by atoms with Crippen LogP contribution in [0.2, 0.25) is 0 Å². The van der Waals surface area contributed by atoms with Crippen LogP contribution in [0.4, 0.5) is 0 Å². The summed E-state index contributed by atoms with van der Waals surface area (Å²) in [6, 6.07) is 0.234. The summed E-state index contributed by atoms with van der Waals surface area (Å²) in [5.74, 6) is 0.722. The van der Waals surface area contributed by atoms with Crippen molar-refractivity contribution in [3.8, 4) is 0 Å². The van der Waals surface area contributed by atoms with Crippen LogP contribution in [0.25, 0.3) is 0 Å². The molecule has 0 saturated carbocycles. The van der Waals surface area contributed by atoms with Gasteiger partial charge in [0, 0.05) is 11.5 Å². The molecule has 1 amide bonds. The minimum Gasteiger partial charge on any atom is -0.353 e. The molecule has 0 unspecified atom stereocenters. The van der Waals surface area contributed by atoms with Gasteiger partial charge in [-0.1, -0.05) is 13.8 Å². The lowest BCUT2D eigenvalue weighted by atomic mass is 9.73. The van der Waals surface area contributed by atoms with E-state index in [0.717, 1.165) is 25.9 Å². The molecule has 0 aromatic carbocycles. The topological polar surface area (TPSA) is 32.3 Å². The fraction of sp³-hybridized carbons (Fsp3) is 0.923. The predicted octanol–water partition coefficient (Wildman–Crippen LogP) is 1.88. The van der Waals surface area contributed by atoms with E-state index in [9.17, 15) is 4.79 Å². The molecular weight excluding hydrogens is 200 g/mol. The summed E-state index contributed by atoms with van der Waals surface area (Å²) < 4.78 is 0. The average Bonchev–Trinajstić information content (AvgIpc) is 2.17. The van der Waals surface area contributed by atoms with Crippen molar-refractivity contribution >= 4 is 5.91 Å². The highest BCUT2D eigenvalue weighted by atomic mass is 16.2. The van der Waals surface area contributed by atoms with Gasteiger partial charge in [0.1, 0.15) is 0 Å². The van der Waals surface area contributed by atoms with Crippen molar-refractivity contribution in [2.75, 3.05) is 20.1 Å². The van der Waals surface area contributed by atoms with Gasteiger partial charge in [0.05, 0.1) is 0 Å². The molecule has 0 aliphatic carbocycles. The van der Waals surface area contributed by atoms with E-state index in [2.05, 4.69) is 31.1 Å². The Hall–Kier alpha value is -0.570. The first-order valence-corrected chi connectivity index (χ1v) is 6.33. The van der Waals surface area contributed by atoms with E-state index in [1.807, 2.05) is 13.8 Å². The molecular formula is C13H26N2O. The monoisotopic (exact) mass is 226 g/mol. The average molecular weight is 226 g/mol. The van der Waals surface area contributed by atoms with Gasteiger partial charge in [-0.25, -0.2) is 0 Å². The minimum atomic E-state index is -0.231. The highest BCUT2D eigenvalue weighted by Crippen LogP contribution is 2.34. The van der Waals surface area contributed by atoms with E-state index in [1.165, 1.54) is 0 Å². The second kappa shape index (κ2) is 5.17. The van der Waals surface area contributed by atoms with Crippen LogP contribution in [0.5, 0.6) is 0 Å². The second-order valence-electron chi connectivity index (χ2n) is 5.93. The van der Waals surface area contributed by atoms with Crippen molar-refractivity contribution in [1.82, 2.24) is 10.2 Å². The first-order chi connectivity index (χ1) is 7.34. The number of nitrogens with one attached hydrogen (secondary N) is 1. The van der Waals surface area contributed by atoms with E-state index >= 15 is 0 Å². The van der Waals surface area contributed by atoms with E-state index in [0.29, 0.717) is 5.92 Å². The summed E-state index contributed by atoms with van der Waals surface area (Å²) in [6.45, 7) is 10.4. The zero-order chi connectivity index (χ0) is 12.3. The number of likely N-dealkylation sites (tertiary alicyclic amines) is 1. The van der Waals surface area contributed by atoms with Crippen LogP contribution in [0.1, 0.15) is 40.5 Å². The summed E-state index contributed by atoms with van der Waals surface area (Å²) in [4.78, 5) is 14.5. The molecule has 1 aliphatic heterocycles. The van der Waals surface area contributed by atoms with Crippen LogP contribution < -0.4 is 5.32 Å². The molecule has 94 valence electrons. The SMILES string of the molecule is CC(C)NC(=O)C(C)(C)C1CCN(C)CC1. The highest BCUT2D eigenvalue weighted by molar-refractivity contribution is 5.82. The molecule has 0 atom stereocenters. The molecule has 1 N–H and O–H groups in total. The van der Waals surface area contributed by atoms with Gasteiger partial charge in [0.15, 0.2) is 0 Å². The Balaban J connectivity index is 2.58. The Labute approximate surface area is 99.6 Å². The van der Waals surface area contributed by atoms with Gasteiger partial charge in [-0.05, 0) is 52.7 Å². The third-order valence-electron chi connectivity index (χ3n) is 3.74. The Kier molecular flexibility index (Phi) is 4.36. The fourth-order valence-corrected chi connectivity index (χ4v) is 2.36. The maximum atomic E-state index is 12.1. The molecule has 1 saturated heterocycles. The lowest BCUT2D eigenvalue weighted by molar-refractivity contribution is -0.133. The number of carbonyl (C=O) groups excluding carboxylic acids is 1. The maximum Gasteiger partial charge on any atom is 0.226 e. The zero-order valence-electron chi connectivity index (χ0n) is 11.3. The third kappa shape index (κ3) is 3.21. The summed E-state index contributed by atoms with van der Waals surface area (Å²) in [5.41, 5.74) is -0.231. The molecule has 1 fully saturated rings. The van der Waals surface area contributed by atoms with Crippen LogP contribution in [0.15, 0.2) is 0 Å². The maximum absolute atomic E-state index is 12.1. The van der Waals surface area contributed by atoms with Crippen molar-refractivity contribution in [2.45, 2.75) is 46.6 Å². The summed E-state index contributed by atoms with van der Waals surface area (Å²) in [5, 5.41) is 3.04. The molecule has 1 aliphatic rings. The van der Waals surface area contributed by atoms with Crippen molar-refractivity contribution < 1.29 is 4.79 Å². The lowest BCUT2D eigenvalue weighted by Crippen LogP contribution is -2.47. The van der Waals surface area contributed by atoms with Gasteiger partial charge in [-0.15, -0.1) is 0 Å². The van der Waals surface area contributed by atoms with E-state index < -0.39 is 0 Å². The van der Waals surface area contributed by atoms with Gasteiger partial charge in [0.2, 0.25) is 5.91 Å². The zero-order valence-corrected chi connectivity index (χ0v) is 11.3. The Morgan fingerprint density at radius 3 is 2.25 bits per heavy atom. The number of hydrogen-bond acceptors (Lipinski definition) is 2. The number of amides is 1. The standard InChI is InChI=1S/C13H26N2O/c1-10(2)14-12(16)13(3,4)11-6-8-15(5)9-7-11/h10-11H,6-9H2,1-5H3,(H,14,16). The van der Waals surface area contributed by atoms with E-state index in [4.69, 9.17) is 0 Å². The second-order valence-corrected chi connectivity index (χ2v) is 5.93. The molecule has 3 heteroatoms. The molecule has 1 heterocycles. The molecule has 1 rings (SSSR count). The van der Waals surface area contributed by atoms with Gasteiger partial charge >= 0.3 is 0 Å². The predicted molar refractivity (Wildman–Crippen MR) is 67.3 cm³/mol. The summed E-state index contributed by atoms with van der Waals surface area (Å²) >= 11 is 0. The van der Waals surface area contributed by atoms with Crippen LogP contribution in [0, 0.1) is 11.3 Å².